The number of nitrogens with one attached hydrogen (secondary N) is 1. The molecule has 7 nitrogen and oxygen atoms in total. The van der Waals surface area contributed by atoms with Crippen LogP contribution >= 0.6 is 0 Å². The number of piperidine rings is 1. The highest BCUT2D eigenvalue weighted by atomic mass is 16.1. The van der Waals surface area contributed by atoms with E-state index in [2.05, 4.69) is 30.4 Å². The summed E-state index contributed by atoms with van der Waals surface area (Å²) in [6.07, 6.45) is 5.05. The molecule has 7 heteroatoms. The van der Waals surface area contributed by atoms with Gasteiger partial charge in [0.15, 0.2) is 0 Å². The molecular formula is C22H22N6O. The second-order valence-corrected chi connectivity index (χ2v) is 6.88. The van der Waals surface area contributed by atoms with Gasteiger partial charge in [-0.2, -0.15) is 10.2 Å². The van der Waals surface area contributed by atoms with E-state index in [4.69, 9.17) is 0 Å². The number of rotatable bonds is 5. The SMILES string of the molecule is O=C(Nc1ccc(N=Nc2ccccc2)cc1)C1CCN(c2ncccn2)CC1. The van der Waals surface area contributed by atoms with Crippen LogP contribution < -0.4 is 10.2 Å². The van der Waals surface area contributed by atoms with Gasteiger partial charge in [0.2, 0.25) is 11.9 Å². The van der Waals surface area contributed by atoms with Crippen LogP contribution in [0.2, 0.25) is 0 Å². The molecule has 0 unspecified atom stereocenters. The van der Waals surface area contributed by atoms with Crippen LogP contribution in [0.1, 0.15) is 12.8 Å². The van der Waals surface area contributed by atoms with Gasteiger partial charge in [-0.3, -0.25) is 4.79 Å². The molecule has 3 aromatic rings. The zero-order chi connectivity index (χ0) is 19.9. The molecule has 0 bridgehead atoms. The second kappa shape index (κ2) is 9.05. The van der Waals surface area contributed by atoms with Gasteiger partial charge in [0.25, 0.3) is 0 Å². The average Bonchev–Trinajstić information content (AvgIpc) is 2.80. The maximum atomic E-state index is 12.6. The lowest BCUT2D eigenvalue weighted by molar-refractivity contribution is -0.120. The molecule has 1 aromatic heterocycles. The molecule has 1 N–H and O–H groups in total. The van der Waals surface area contributed by atoms with E-state index in [1.807, 2.05) is 54.6 Å². The topological polar surface area (TPSA) is 82.8 Å². The van der Waals surface area contributed by atoms with Gasteiger partial charge in [-0.05, 0) is 55.3 Å². The smallest absolute Gasteiger partial charge is 0.227 e. The van der Waals surface area contributed by atoms with Gasteiger partial charge in [-0.25, -0.2) is 9.97 Å². The number of benzene rings is 2. The summed E-state index contributed by atoms with van der Waals surface area (Å²) >= 11 is 0. The van der Waals surface area contributed by atoms with Crippen molar-refractivity contribution in [3.8, 4) is 0 Å². The van der Waals surface area contributed by atoms with Crippen molar-refractivity contribution in [3.05, 3.63) is 73.1 Å². The van der Waals surface area contributed by atoms with E-state index in [1.165, 1.54) is 0 Å². The Morgan fingerprint density at radius 3 is 2.14 bits per heavy atom. The molecule has 1 aliphatic rings. The van der Waals surface area contributed by atoms with E-state index in [0.29, 0.717) is 0 Å². The highest BCUT2D eigenvalue weighted by Crippen LogP contribution is 2.23. The summed E-state index contributed by atoms with van der Waals surface area (Å²) in [6.45, 7) is 1.56. The summed E-state index contributed by atoms with van der Waals surface area (Å²) in [5, 5.41) is 11.4. The first kappa shape index (κ1) is 18.7. The molecule has 0 radical (unpaired) electrons. The first-order valence-corrected chi connectivity index (χ1v) is 9.67. The zero-order valence-electron chi connectivity index (χ0n) is 16.0. The van der Waals surface area contributed by atoms with Crippen molar-refractivity contribution in [1.29, 1.82) is 0 Å². The van der Waals surface area contributed by atoms with Crippen molar-refractivity contribution in [2.24, 2.45) is 16.1 Å². The van der Waals surface area contributed by atoms with Crippen molar-refractivity contribution in [2.45, 2.75) is 12.8 Å². The fourth-order valence-electron chi connectivity index (χ4n) is 3.26. The highest BCUT2D eigenvalue weighted by Gasteiger charge is 2.26. The molecular weight excluding hydrogens is 364 g/mol. The van der Waals surface area contributed by atoms with Gasteiger partial charge in [-0.1, -0.05) is 18.2 Å². The molecule has 146 valence electrons. The number of nitrogens with zero attached hydrogens (tertiary/aromatic N) is 5. The average molecular weight is 386 g/mol. The van der Waals surface area contributed by atoms with Crippen LogP contribution in [-0.2, 0) is 4.79 Å². The Morgan fingerprint density at radius 2 is 1.48 bits per heavy atom. The Labute approximate surface area is 169 Å². The van der Waals surface area contributed by atoms with Gasteiger partial charge in [-0.15, -0.1) is 0 Å². The van der Waals surface area contributed by atoms with Crippen LogP contribution in [-0.4, -0.2) is 29.0 Å². The fourth-order valence-corrected chi connectivity index (χ4v) is 3.26. The lowest BCUT2D eigenvalue weighted by Crippen LogP contribution is -2.38. The van der Waals surface area contributed by atoms with E-state index in [1.54, 1.807) is 18.5 Å². The van der Waals surface area contributed by atoms with E-state index >= 15 is 0 Å². The third-order valence-corrected chi connectivity index (χ3v) is 4.87. The van der Waals surface area contributed by atoms with E-state index < -0.39 is 0 Å². The van der Waals surface area contributed by atoms with Crippen LogP contribution in [0.3, 0.4) is 0 Å². The Morgan fingerprint density at radius 1 is 0.862 bits per heavy atom. The number of carbonyl (C=O) groups is 1. The van der Waals surface area contributed by atoms with E-state index in [0.717, 1.165) is 48.9 Å². The fraction of sp³-hybridized carbons (Fsp3) is 0.227. The molecule has 0 aliphatic carbocycles. The Hall–Kier alpha value is -3.61. The van der Waals surface area contributed by atoms with Crippen LogP contribution in [0.5, 0.6) is 0 Å². The van der Waals surface area contributed by atoms with Crippen molar-refractivity contribution >= 4 is 28.9 Å². The zero-order valence-corrected chi connectivity index (χ0v) is 16.0. The molecule has 1 aliphatic heterocycles. The number of hydrogen-bond acceptors (Lipinski definition) is 6. The summed E-state index contributed by atoms with van der Waals surface area (Å²) in [5.41, 5.74) is 2.31. The van der Waals surface area contributed by atoms with Gasteiger partial charge in [0.1, 0.15) is 0 Å². The van der Waals surface area contributed by atoms with Crippen molar-refractivity contribution < 1.29 is 4.79 Å². The number of carbonyl (C=O) groups excluding carboxylic acids is 1. The van der Waals surface area contributed by atoms with Crippen molar-refractivity contribution in [1.82, 2.24) is 9.97 Å². The first-order valence-electron chi connectivity index (χ1n) is 9.67. The molecule has 1 amide bonds. The van der Waals surface area contributed by atoms with Crippen LogP contribution in [0.4, 0.5) is 23.0 Å². The standard InChI is InChI=1S/C22H22N6O/c29-21(17-11-15-28(16-12-17)22-23-13-4-14-24-22)25-18-7-9-20(10-8-18)27-26-19-5-2-1-3-6-19/h1-10,13-14,17H,11-12,15-16H2,(H,25,29). The lowest BCUT2D eigenvalue weighted by atomic mass is 9.96. The summed E-state index contributed by atoms with van der Waals surface area (Å²) in [6, 6.07) is 18.8. The maximum absolute atomic E-state index is 12.6. The molecule has 0 atom stereocenters. The third-order valence-electron chi connectivity index (χ3n) is 4.87. The van der Waals surface area contributed by atoms with Gasteiger partial charge < -0.3 is 10.2 Å². The van der Waals surface area contributed by atoms with Crippen molar-refractivity contribution in [2.75, 3.05) is 23.3 Å². The van der Waals surface area contributed by atoms with Crippen LogP contribution in [0.15, 0.2) is 83.3 Å². The molecule has 2 aromatic carbocycles. The molecule has 0 spiro atoms. The summed E-state index contributed by atoms with van der Waals surface area (Å²) in [4.78, 5) is 23.3. The minimum Gasteiger partial charge on any atom is -0.341 e. The Bertz CT molecular complexity index is 952. The minimum absolute atomic E-state index is 0.00703. The number of hydrogen-bond donors (Lipinski definition) is 1. The molecule has 1 saturated heterocycles. The molecule has 29 heavy (non-hydrogen) atoms. The highest BCUT2D eigenvalue weighted by molar-refractivity contribution is 5.92. The quantitative estimate of drug-likeness (QED) is 0.642. The molecule has 2 heterocycles. The monoisotopic (exact) mass is 386 g/mol. The number of azo groups is 1. The van der Waals surface area contributed by atoms with Gasteiger partial charge in [0, 0.05) is 37.1 Å². The van der Waals surface area contributed by atoms with Crippen LogP contribution in [0, 0.1) is 5.92 Å². The second-order valence-electron chi connectivity index (χ2n) is 6.88. The third kappa shape index (κ3) is 5.01. The Balaban J connectivity index is 1.29. The number of amides is 1. The normalized spacial score (nSPS) is 14.8. The van der Waals surface area contributed by atoms with Gasteiger partial charge in [0.05, 0.1) is 11.4 Å². The maximum Gasteiger partial charge on any atom is 0.227 e. The summed E-state index contributed by atoms with van der Waals surface area (Å²) in [7, 11) is 0. The predicted molar refractivity (Wildman–Crippen MR) is 113 cm³/mol. The summed E-state index contributed by atoms with van der Waals surface area (Å²) in [5.74, 6) is 0.774. The van der Waals surface area contributed by atoms with Crippen LogP contribution in [0.25, 0.3) is 0 Å². The Kier molecular flexibility index (Phi) is 5.85. The molecule has 1 fully saturated rings. The van der Waals surface area contributed by atoms with E-state index in [-0.39, 0.29) is 11.8 Å². The largest absolute Gasteiger partial charge is 0.341 e. The molecule has 4 rings (SSSR count). The van der Waals surface area contributed by atoms with Crippen molar-refractivity contribution in [3.63, 3.8) is 0 Å². The minimum atomic E-state index is -0.00703. The molecule has 0 saturated carbocycles. The number of aromatic nitrogens is 2. The number of anilines is 2. The predicted octanol–water partition coefficient (Wildman–Crippen LogP) is 4.75. The first-order chi connectivity index (χ1) is 14.3. The lowest BCUT2D eigenvalue weighted by Gasteiger charge is -2.31. The summed E-state index contributed by atoms with van der Waals surface area (Å²) < 4.78 is 0. The van der Waals surface area contributed by atoms with Gasteiger partial charge >= 0.3 is 0 Å². The van der Waals surface area contributed by atoms with E-state index in [9.17, 15) is 4.79 Å².